The molecule has 0 aliphatic carbocycles. The molecule has 0 aromatic heterocycles. The lowest BCUT2D eigenvalue weighted by Gasteiger charge is -2.18. The Balaban J connectivity index is 3.88. The summed E-state index contributed by atoms with van der Waals surface area (Å²) in [5.74, 6) is -0.897. The first-order valence-corrected chi connectivity index (χ1v) is 25.5. The van der Waals surface area contributed by atoms with Crippen LogP contribution in [-0.4, -0.2) is 41.0 Å². The molecule has 0 fully saturated rings. The number of ether oxygens (including phenoxy) is 2. The van der Waals surface area contributed by atoms with Crippen molar-refractivity contribution in [3.63, 3.8) is 0 Å². The van der Waals surface area contributed by atoms with E-state index in [0.717, 1.165) is 70.6 Å². The summed E-state index contributed by atoms with van der Waals surface area (Å²) in [6.07, 6.45) is 55.5. The van der Waals surface area contributed by atoms with Gasteiger partial charge >= 0.3 is 19.8 Å². The maximum absolute atomic E-state index is 12.4. The Morgan fingerprint density at radius 3 is 1.21 bits per heavy atom. The number of phosphoric ester groups is 1. The minimum atomic E-state index is -4.76. The van der Waals surface area contributed by atoms with Crippen molar-refractivity contribution < 1.29 is 37.9 Å². The van der Waals surface area contributed by atoms with E-state index in [1.807, 2.05) is 0 Å². The Kier molecular flexibility index (Phi) is 43.0. The minimum absolute atomic E-state index is 0.196. The normalized spacial score (nSPS) is 12.8. The highest BCUT2D eigenvalue weighted by molar-refractivity contribution is 7.46. The third kappa shape index (κ3) is 46.7. The summed E-state index contributed by atoms with van der Waals surface area (Å²) in [5.41, 5.74) is 0. The first-order valence-electron chi connectivity index (χ1n) is 23.9. The lowest BCUT2D eigenvalue weighted by atomic mass is 10.1. The number of hydrogen-bond acceptors (Lipinski definition) is 6. The predicted octanol–water partition coefficient (Wildman–Crippen LogP) is 15.1. The van der Waals surface area contributed by atoms with E-state index in [1.54, 1.807) is 0 Å². The minimum Gasteiger partial charge on any atom is -0.462 e. The van der Waals surface area contributed by atoms with E-state index in [9.17, 15) is 14.2 Å². The highest BCUT2D eigenvalue weighted by Gasteiger charge is 2.23. The van der Waals surface area contributed by atoms with Crippen molar-refractivity contribution >= 4 is 19.8 Å². The molecule has 0 saturated heterocycles. The molecular weight excluding hydrogens is 748 g/mol. The molecule has 0 aliphatic rings. The summed E-state index contributed by atoms with van der Waals surface area (Å²) in [6, 6.07) is 0. The zero-order chi connectivity index (χ0) is 42.5. The molecule has 0 spiro atoms. The van der Waals surface area contributed by atoms with Crippen molar-refractivity contribution in [3.05, 3.63) is 48.6 Å². The lowest BCUT2D eigenvalue weighted by molar-refractivity contribution is -0.161. The number of rotatable bonds is 44. The van der Waals surface area contributed by atoms with Gasteiger partial charge in [0.25, 0.3) is 0 Å². The van der Waals surface area contributed by atoms with E-state index in [0.29, 0.717) is 6.42 Å². The number of carbonyl (C=O) groups excluding carboxylic acids is 2. The van der Waals surface area contributed by atoms with Gasteiger partial charge in [0.2, 0.25) is 0 Å². The predicted molar refractivity (Wildman–Crippen MR) is 244 cm³/mol. The number of unbranched alkanes of at least 4 members (excludes halogenated alkanes) is 26. The fraction of sp³-hybridized carbons (Fsp3) is 0.796. The fourth-order valence-corrected chi connectivity index (χ4v) is 7.09. The monoisotopic (exact) mass is 837 g/mol. The van der Waals surface area contributed by atoms with Crippen LogP contribution < -0.4 is 0 Å². The quantitative estimate of drug-likeness (QED) is 0.0269. The number of esters is 2. The van der Waals surface area contributed by atoms with Crippen molar-refractivity contribution in [1.82, 2.24) is 0 Å². The van der Waals surface area contributed by atoms with Crippen molar-refractivity contribution in [1.29, 1.82) is 0 Å². The van der Waals surface area contributed by atoms with Crippen LogP contribution in [0, 0.1) is 0 Å². The Morgan fingerprint density at radius 1 is 0.448 bits per heavy atom. The molecule has 0 saturated carbocycles. The molecule has 0 rings (SSSR count). The number of allylic oxidation sites excluding steroid dienone is 8. The lowest BCUT2D eigenvalue weighted by Crippen LogP contribution is -2.29. The van der Waals surface area contributed by atoms with Gasteiger partial charge in [0.05, 0.1) is 6.61 Å². The summed E-state index contributed by atoms with van der Waals surface area (Å²) >= 11 is 0. The number of carbonyl (C=O) groups is 2. The number of hydrogen-bond donors (Lipinski definition) is 2. The third-order valence-corrected chi connectivity index (χ3v) is 10.8. The Morgan fingerprint density at radius 2 is 0.776 bits per heavy atom. The number of phosphoric acid groups is 1. The zero-order valence-corrected chi connectivity index (χ0v) is 38.3. The van der Waals surface area contributed by atoms with Gasteiger partial charge in [-0.15, -0.1) is 0 Å². The molecule has 0 radical (unpaired) electrons. The summed E-state index contributed by atoms with van der Waals surface area (Å²) in [7, 11) is -4.76. The molecule has 0 aliphatic heterocycles. The van der Waals surface area contributed by atoms with Crippen LogP contribution in [0.4, 0.5) is 0 Å². The first kappa shape index (κ1) is 56.0. The van der Waals surface area contributed by atoms with Crippen LogP contribution >= 0.6 is 7.82 Å². The third-order valence-electron chi connectivity index (χ3n) is 10.3. The van der Waals surface area contributed by atoms with E-state index in [2.05, 4.69) is 67.0 Å². The molecule has 9 heteroatoms. The molecule has 2 N–H and O–H groups in total. The largest absolute Gasteiger partial charge is 0.469 e. The molecule has 1 unspecified atom stereocenters. The summed E-state index contributed by atoms with van der Waals surface area (Å²) in [6.45, 7) is 3.67. The highest BCUT2D eigenvalue weighted by atomic mass is 31.2. The topological polar surface area (TPSA) is 119 Å². The second kappa shape index (κ2) is 44.6. The molecule has 58 heavy (non-hydrogen) atoms. The molecule has 0 bridgehead atoms. The maximum Gasteiger partial charge on any atom is 0.469 e. The second-order valence-electron chi connectivity index (χ2n) is 16.1. The average Bonchev–Trinajstić information content (AvgIpc) is 3.20. The van der Waals surface area contributed by atoms with Gasteiger partial charge in [0.1, 0.15) is 6.61 Å². The van der Waals surface area contributed by atoms with E-state index in [1.165, 1.54) is 128 Å². The van der Waals surface area contributed by atoms with Crippen LogP contribution in [0.5, 0.6) is 0 Å². The summed E-state index contributed by atoms with van der Waals surface area (Å²) < 4.78 is 26.5. The Labute approximate surface area is 356 Å². The maximum atomic E-state index is 12.4. The van der Waals surface area contributed by atoms with Crippen molar-refractivity contribution in [2.45, 2.75) is 238 Å². The van der Waals surface area contributed by atoms with E-state index < -0.39 is 32.5 Å². The molecule has 338 valence electrons. The molecular formula is C49H89O8P. The first-order chi connectivity index (χ1) is 28.3. The molecule has 0 heterocycles. The smallest absolute Gasteiger partial charge is 0.462 e. The fourth-order valence-electron chi connectivity index (χ4n) is 6.73. The average molecular weight is 837 g/mol. The van der Waals surface area contributed by atoms with Crippen LogP contribution in [0.25, 0.3) is 0 Å². The van der Waals surface area contributed by atoms with Crippen LogP contribution in [0.2, 0.25) is 0 Å². The van der Waals surface area contributed by atoms with E-state index >= 15 is 0 Å². The van der Waals surface area contributed by atoms with Gasteiger partial charge in [-0.25, -0.2) is 4.57 Å². The Bertz CT molecular complexity index is 1080. The van der Waals surface area contributed by atoms with Crippen molar-refractivity contribution in [2.75, 3.05) is 13.2 Å². The SMILES string of the molecule is CCCCC/C=C\C/C=C\C/C=C\CCCCCCCCC(=O)OC(COC(=O)CCCCCCCCCCC/C=C\CCCCCCCCCC)COP(=O)(O)O. The highest BCUT2D eigenvalue weighted by Crippen LogP contribution is 2.36. The van der Waals surface area contributed by atoms with Crippen LogP contribution in [0.3, 0.4) is 0 Å². The second-order valence-corrected chi connectivity index (χ2v) is 17.3. The van der Waals surface area contributed by atoms with E-state index in [4.69, 9.17) is 19.3 Å². The van der Waals surface area contributed by atoms with Crippen LogP contribution in [0.1, 0.15) is 232 Å². The van der Waals surface area contributed by atoms with Crippen LogP contribution in [0.15, 0.2) is 48.6 Å². The van der Waals surface area contributed by atoms with E-state index in [-0.39, 0.29) is 19.4 Å². The summed E-state index contributed by atoms with van der Waals surface area (Å²) in [5, 5.41) is 0. The summed E-state index contributed by atoms with van der Waals surface area (Å²) in [4.78, 5) is 43.0. The molecule has 0 amide bonds. The van der Waals surface area contributed by atoms with Gasteiger partial charge in [-0.05, 0) is 77.0 Å². The van der Waals surface area contributed by atoms with Gasteiger partial charge in [-0.2, -0.15) is 0 Å². The van der Waals surface area contributed by atoms with Crippen LogP contribution in [-0.2, 0) is 28.2 Å². The van der Waals surface area contributed by atoms with Crippen molar-refractivity contribution in [2.24, 2.45) is 0 Å². The van der Waals surface area contributed by atoms with Gasteiger partial charge in [-0.1, -0.05) is 191 Å². The molecule has 0 aromatic carbocycles. The van der Waals surface area contributed by atoms with Crippen molar-refractivity contribution in [3.8, 4) is 0 Å². The molecule has 1 atom stereocenters. The van der Waals surface area contributed by atoms with Gasteiger partial charge < -0.3 is 19.3 Å². The Hall–Kier alpha value is -1.99. The molecule has 8 nitrogen and oxygen atoms in total. The van der Waals surface area contributed by atoms with Gasteiger partial charge in [-0.3, -0.25) is 14.1 Å². The molecule has 0 aromatic rings. The zero-order valence-electron chi connectivity index (χ0n) is 37.4. The standard InChI is InChI=1S/C49H89O8P/c1-3-5-7-9-11-13-15-17-19-21-23-24-26-27-29-31-33-35-37-39-41-43-48(50)55-45-47(46-56-58(52,53)54)57-49(51)44-42-40-38-36-34-32-30-28-25-22-20-18-16-14-12-10-8-6-4-2/h12,14,18,20-21,23,25,28,47H,3-11,13,15-17,19,22,24,26-27,29-46H2,1-2H3,(H2,52,53,54)/b14-12-,20-18-,23-21-,28-25-. The van der Waals surface area contributed by atoms with Gasteiger partial charge in [0.15, 0.2) is 6.10 Å². The van der Waals surface area contributed by atoms with Gasteiger partial charge in [0, 0.05) is 12.8 Å².